The average Bonchev–Trinajstić information content (AvgIpc) is 2.34. The molecule has 0 spiro atoms. The van der Waals surface area contributed by atoms with Gasteiger partial charge in [-0.05, 0) is 50.6 Å². The van der Waals surface area contributed by atoms with Gasteiger partial charge in [0.05, 0.1) is 0 Å². The summed E-state index contributed by atoms with van der Waals surface area (Å²) in [6.45, 7) is 1.93. The van der Waals surface area contributed by atoms with Gasteiger partial charge >= 0.3 is 5.97 Å². The Bertz CT molecular complexity index is 365. The van der Waals surface area contributed by atoms with Crippen LogP contribution in [0.25, 0.3) is 0 Å². The molecular weight excluding hydrogens is 250 g/mol. The number of nitrogens with zero attached hydrogens (tertiary/aromatic N) is 1. The van der Waals surface area contributed by atoms with Gasteiger partial charge in [-0.3, -0.25) is 4.79 Å². The van der Waals surface area contributed by atoms with Crippen molar-refractivity contribution in [3.63, 3.8) is 0 Å². The maximum absolute atomic E-state index is 10.4. The number of carbonyl (C=O) groups is 1. The summed E-state index contributed by atoms with van der Waals surface area (Å²) in [5, 5.41) is 9.29. The van der Waals surface area contributed by atoms with Gasteiger partial charge < -0.3 is 10.0 Å². The van der Waals surface area contributed by atoms with Crippen LogP contribution in [0.5, 0.6) is 0 Å². The molecule has 0 unspecified atom stereocenters. The lowest BCUT2D eigenvalue weighted by Gasteiger charge is -2.16. The Hall–Kier alpha value is -1.06. The third-order valence-electron chi connectivity index (χ3n) is 2.88. The number of hydrogen-bond donors (Lipinski definition) is 1. The lowest BCUT2D eigenvalue weighted by molar-refractivity contribution is -0.137. The first kappa shape index (κ1) is 15.0. The van der Waals surface area contributed by atoms with E-state index in [9.17, 15) is 4.79 Å². The van der Waals surface area contributed by atoms with E-state index in [0.717, 1.165) is 37.4 Å². The molecule has 0 aliphatic carbocycles. The van der Waals surface area contributed by atoms with Crippen LogP contribution < -0.4 is 0 Å². The van der Waals surface area contributed by atoms with E-state index in [2.05, 4.69) is 11.9 Å². The Kier molecular flexibility index (Phi) is 6.76. The third kappa shape index (κ3) is 6.62. The summed E-state index contributed by atoms with van der Waals surface area (Å²) in [6, 6.07) is 7.90. The SMILES string of the molecule is CN(CCCCC(=O)O)CCc1ccc(Cl)cc1. The lowest BCUT2D eigenvalue weighted by Crippen LogP contribution is -2.22. The van der Waals surface area contributed by atoms with Crippen molar-refractivity contribution in [2.24, 2.45) is 0 Å². The molecule has 0 amide bonds. The van der Waals surface area contributed by atoms with Crippen molar-refractivity contribution >= 4 is 17.6 Å². The van der Waals surface area contributed by atoms with Gasteiger partial charge in [0.2, 0.25) is 0 Å². The van der Waals surface area contributed by atoms with E-state index in [-0.39, 0.29) is 6.42 Å². The number of hydrogen-bond acceptors (Lipinski definition) is 2. The van der Waals surface area contributed by atoms with Crippen molar-refractivity contribution in [2.75, 3.05) is 20.1 Å². The van der Waals surface area contributed by atoms with Crippen molar-refractivity contribution in [2.45, 2.75) is 25.7 Å². The van der Waals surface area contributed by atoms with Crippen LogP contribution in [-0.4, -0.2) is 36.1 Å². The molecule has 0 saturated carbocycles. The summed E-state index contributed by atoms with van der Waals surface area (Å²) >= 11 is 5.83. The van der Waals surface area contributed by atoms with Gasteiger partial charge in [0.25, 0.3) is 0 Å². The Labute approximate surface area is 113 Å². The van der Waals surface area contributed by atoms with E-state index in [1.54, 1.807) is 0 Å². The molecule has 0 aromatic heterocycles. The average molecular weight is 270 g/mol. The number of rotatable bonds is 8. The molecule has 18 heavy (non-hydrogen) atoms. The van der Waals surface area contributed by atoms with Crippen molar-refractivity contribution in [3.8, 4) is 0 Å². The summed E-state index contributed by atoms with van der Waals surface area (Å²) < 4.78 is 0. The maximum Gasteiger partial charge on any atom is 0.303 e. The van der Waals surface area contributed by atoms with E-state index in [1.165, 1.54) is 5.56 Å². The van der Waals surface area contributed by atoms with E-state index in [1.807, 2.05) is 24.3 Å². The quantitative estimate of drug-likeness (QED) is 0.738. The monoisotopic (exact) mass is 269 g/mol. The van der Waals surface area contributed by atoms with Gasteiger partial charge in [0, 0.05) is 18.0 Å². The number of aliphatic carboxylic acids is 1. The molecular formula is C14H20ClNO2. The highest BCUT2D eigenvalue weighted by Crippen LogP contribution is 2.10. The predicted octanol–water partition coefficient (Wildman–Crippen LogP) is 3.07. The number of likely N-dealkylation sites (N-methyl/N-ethyl adjacent to an activating group) is 1. The highest BCUT2D eigenvalue weighted by molar-refractivity contribution is 6.30. The molecule has 4 heteroatoms. The Balaban J connectivity index is 2.14. The molecule has 0 heterocycles. The van der Waals surface area contributed by atoms with E-state index in [0.29, 0.717) is 0 Å². The second-order valence-electron chi connectivity index (χ2n) is 4.53. The zero-order valence-electron chi connectivity index (χ0n) is 10.7. The summed E-state index contributed by atoms with van der Waals surface area (Å²) in [6.07, 6.45) is 2.95. The van der Waals surface area contributed by atoms with Crippen LogP contribution >= 0.6 is 11.6 Å². The fraction of sp³-hybridized carbons (Fsp3) is 0.500. The second-order valence-corrected chi connectivity index (χ2v) is 4.97. The standard InChI is InChI=1S/C14H20ClNO2/c1-16(10-3-2-4-14(17)18)11-9-12-5-7-13(15)8-6-12/h5-8H,2-4,9-11H2,1H3,(H,17,18). The van der Waals surface area contributed by atoms with Gasteiger partial charge in [-0.25, -0.2) is 0 Å². The van der Waals surface area contributed by atoms with Crippen molar-refractivity contribution in [1.82, 2.24) is 4.90 Å². The number of halogens is 1. The molecule has 100 valence electrons. The summed E-state index contributed by atoms with van der Waals surface area (Å²) in [5.74, 6) is -0.709. The number of carboxylic acid groups (broad SMARTS) is 1. The van der Waals surface area contributed by atoms with Crippen molar-refractivity contribution < 1.29 is 9.90 Å². The first-order chi connectivity index (χ1) is 8.58. The molecule has 0 radical (unpaired) electrons. The molecule has 0 aliphatic heterocycles. The van der Waals surface area contributed by atoms with Crippen LogP contribution in [0, 0.1) is 0 Å². The van der Waals surface area contributed by atoms with Gasteiger partial charge in [-0.15, -0.1) is 0 Å². The molecule has 1 N–H and O–H groups in total. The molecule has 0 fully saturated rings. The number of benzene rings is 1. The first-order valence-corrected chi connectivity index (χ1v) is 6.60. The van der Waals surface area contributed by atoms with Gasteiger partial charge in [0.15, 0.2) is 0 Å². The van der Waals surface area contributed by atoms with Crippen LogP contribution in [-0.2, 0) is 11.2 Å². The Morgan fingerprint density at radius 1 is 1.22 bits per heavy atom. The second kappa shape index (κ2) is 8.11. The normalized spacial score (nSPS) is 10.8. The number of unbranched alkanes of at least 4 members (excludes halogenated alkanes) is 1. The van der Waals surface area contributed by atoms with Crippen molar-refractivity contribution in [1.29, 1.82) is 0 Å². The number of carboxylic acids is 1. The smallest absolute Gasteiger partial charge is 0.303 e. The highest BCUT2D eigenvalue weighted by Gasteiger charge is 2.01. The van der Waals surface area contributed by atoms with Crippen LogP contribution in [0.15, 0.2) is 24.3 Å². The minimum atomic E-state index is -0.709. The predicted molar refractivity (Wildman–Crippen MR) is 74.1 cm³/mol. The van der Waals surface area contributed by atoms with Crippen LogP contribution in [0.2, 0.25) is 5.02 Å². The zero-order valence-corrected chi connectivity index (χ0v) is 11.5. The molecule has 0 atom stereocenters. The third-order valence-corrected chi connectivity index (χ3v) is 3.13. The molecule has 1 rings (SSSR count). The van der Waals surface area contributed by atoms with E-state index >= 15 is 0 Å². The minimum absolute atomic E-state index is 0.269. The lowest BCUT2D eigenvalue weighted by atomic mass is 10.1. The van der Waals surface area contributed by atoms with Gasteiger partial charge in [-0.2, -0.15) is 0 Å². The maximum atomic E-state index is 10.4. The highest BCUT2D eigenvalue weighted by atomic mass is 35.5. The summed E-state index contributed by atoms with van der Waals surface area (Å²) in [7, 11) is 2.07. The fourth-order valence-electron chi connectivity index (χ4n) is 1.74. The molecule has 1 aromatic carbocycles. The first-order valence-electron chi connectivity index (χ1n) is 6.22. The van der Waals surface area contributed by atoms with Gasteiger partial charge in [0.1, 0.15) is 0 Å². The molecule has 0 saturated heterocycles. The summed E-state index contributed by atoms with van der Waals surface area (Å²) in [4.78, 5) is 12.6. The largest absolute Gasteiger partial charge is 0.481 e. The van der Waals surface area contributed by atoms with Crippen LogP contribution in [0.4, 0.5) is 0 Å². The Morgan fingerprint density at radius 2 is 1.89 bits per heavy atom. The molecule has 0 aliphatic rings. The fourth-order valence-corrected chi connectivity index (χ4v) is 1.87. The van der Waals surface area contributed by atoms with Crippen LogP contribution in [0.3, 0.4) is 0 Å². The van der Waals surface area contributed by atoms with Crippen LogP contribution in [0.1, 0.15) is 24.8 Å². The topological polar surface area (TPSA) is 40.5 Å². The summed E-state index contributed by atoms with van der Waals surface area (Å²) in [5.41, 5.74) is 1.27. The molecule has 1 aromatic rings. The van der Waals surface area contributed by atoms with Crippen molar-refractivity contribution in [3.05, 3.63) is 34.9 Å². The molecule has 0 bridgehead atoms. The Morgan fingerprint density at radius 3 is 2.50 bits per heavy atom. The minimum Gasteiger partial charge on any atom is -0.481 e. The van der Waals surface area contributed by atoms with E-state index < -0.39 is 5.97 Å². The van der Waals surface area contributed by atoms with E-state index in [4.69, 9.17) is 16.7 Å². The van der Waals surface area contributed by atoms with Gasteiger partial charge in [-0.1, -0.05) is 23.7 Å². The zero-order chi connectivity index (χ0) is 13.4. The molecule has 3 nitrogen and oxygen atoms in total.